The van der Waals surface area contributed by atoms with Gasteiger partial charge in [-0.2, -0.15) is 5.10 Å². The molecule has 12 heteroatoms. The monoisotopic (exact) mass is 470 g/mol. The van der Waals surface area contributed by atoms with E-state index in [1.165, 1.54) is 0 Å². The van der Waals surface area contributed by atoms with Crippen LogP contribution in [0.5, 0.6) is 0 Å². The third-order valence-corrected chi connectivity index (χ3v) is 5.83. The third-order valence-electron chi connectivity index (χ3n) is 5.83. The number of imidazole rings is 1. The van der Waals surface area contributed by atoms with Crippen LogP contribution in [0.2, 0.25) is 0 Å². The SMILES string of the molecule is Cn1cnc(C(=O)N[C@H]2CCC[C@@H](Nc3nc(-c4[nH]nc5ncc(F)cc45)c(F)cc3F)C2)c1. The average Bonchev–Trinajstić information content (AvgIpc) is 3.42. The minimum absolute atomic E-state index is 0.103. The largest absolute Gasteiger partial charge is 0.365 e. The van der Waals surface area contributed by atoms with Crippen LogP contribution in [0.4, 0.5) is 19.0 Å². The van der Waals surface area contributed by atoms with Crippen molar-refractivity contribution in [1.82, 2.24) is 35.0 Å². The van der Waals surface area contributed by atoms with Gasteiger partial charge in [-0.25, -0.2) is 28.1 Å². The molecule has 34 heavy (non-hydrogen) atoms. The van der Waals surface area contributed by atoms with Gasteiger partial charge in [0.1, 0.15) is 17.2 Å². The fourth-order valence-electron chi connectivity index (χ4n) is 4.23. The highest BCUT2D eigenvalue weighted by molar-refractivity contribution is 5.92. The lowest BCUT2D eigenvalue weighted by molar-refractivity contribution is 0.0921. The van der Waals surface area contributed by atoms with E-state index in [0.717, 1.165) is 37.6 Å². The predicted molar refractivity (Wildman–Crippen MR) is 117 cm³/mol. The lowest BCUT2D eigenvalue weighted by atomic mass is 9.91. The summed E-state index contributed by atoms with van der Waals surface area (Å²) >= 11 is 0. The molecule has 0 aliphatic heterocycles. The molecule has 4 aromatic heterocycles. The van der Waals surface area contributed by atoms with Crippen molar-refractivity contribution in [1.29, 1.82) is 0 Å². The summed E-state index contributed by atoms with van der Waals surface area (Å²) < 4.78 is 44.6. The van der Waals surface area contributed by atoms with Crippen LogP contribution in [0.1, 0.15) is 36.2 Å². The summed E-state index contributed by atoms with van der Waals surface area (Å²) in [4.78, 5) is 24.5. The van der Waals surface area contributed by atoms with Gasteiger partial charge in [0, 0.05) is 31.4 Å². The number of nitrogens with zero attached hydrogens (tertiary/aromatic N) is 5. The first-order chi connectivity index (χ1) is 16.4. The number of amides is 1. The molecule has 4 heterocycles. The number of rotatable bonds is 5. The number of carbonyl (C=O) groups excluding carboxylic acids is 1. The molecule has 3 N–H and O–H groups in total. The molecule has 0 bridgehead atoms. The van der Waals surface area contributed by atoms with Crippen LogP contribution in [0.3, 0.4) is 0 Å². The van der Waals surface area contributed by atoms with Crippen molar-refractivity contribution in [3.63, 3.8) is 0 Å². The number of H-pyrrole nitrogens is 1. The van der Waals surface area contributed by atoms with Crippen molar-refractivity contribution in [2.24, 2.45) is 7.05 Å². The number of aryl methyl sites for hydroxylation is 1. The number of pyridine rings is 2. The van der Waals surface area contributed by atoms with E-state index in [0.29, 0.717) is 12.1 Å². The second-order valence-corrected chi connectivity index (χ2v) is 8.38. The highest BCUT2D eigenvalue weighted by Crippen LogP contribution is 2.30. The van der Waals surface area contributed by atoms with E-state index in [9.17, 15) is 18.0 Å². The van der Waals surface area contributed by atoms with Crippen LogP contribution in [0.15, 0.2) is 30.9 Å². The summed E-state index contributed by atoms with van der Waals surface area (Å²) in [6, 6.07) is 1.57. The summed E-state index contributed by atoms with van der Waals surface area (Å²) in [7, 11) is 1.78. The molecule has 1 saturated carbocycles. The fraction of sp³-hybridized carbons (Fsp3) is 0.318. The van der Waals surface area contributed by atoms with Crippen LogP contribution in [0.25, 0.3) is 22.4 Å². The normalized spacial score (nSPS) is 18.2. The number of fused-ring (bicyclic) bond motifs is 1. The van der Waals surface area contributed by atoms with E-state index < -0.39 is 17.5 Å². The predicted octanol–water partition coefficient (Wildman–Crippen LogP) is 3.32. The van der Waals surface area contributed by atoms with Crippen LogP contribution >= 0.6 is 0 Å². The number of halogens is 3. The highest BCUT2D eigenvalue weighted by Gasteiger charge is 2.26. The van der Waals surface area contributed by atoms with Gasteiger partial charge in [-0.1, -0.05) is 0 Å². The highest BCUT2D eigenvalue weighted by atomic mass is 19.1. The summed E-state index contributed by atoms with van der Waals surface area (Å²) in [5, 5.41) is 12.8. The number of carbonyl (C=O) groups is 1. The van der Waals surface area contributed by atoms with E-state index in [-0.39, 0.29) is 46.2 Å². The zero-order chi connectivity index (χ0) is 23.8. The second kappa shape index (κ2) is 8.76. The zero-order valence-corrected chi connectivity index (χ0v) is 18.1. The molecular formula is C22H21F3N8O. The Morgan fingerprint density at radius 2 is 1.97 bits per heavy atom. The number of hydrogen-bond donors (Lipinski definition) is 3. The van der Waals surface area contributed by atoms with Gasteiger partial charge in [0.15, 0.2) is 23.1 Å². The first-order valence-electron chi connectivity index (χ1n) is 10.8. The van der Waals surface area contributed by atoms with Crippen molar-refractivity contribution in [2.75, 3.05) is 5.32 Å². The van der Waals surface area contributed by atoms with Gasteiger partial charge in [-0.05, 0) is 31.7 Å². The van der Waals surface area contributed by atoms with Crippen molar-refractivity contribution in [2.45, 2.75) is 37.8 Å². The van der Waals surface area contributed by atoms with Crippen LogP contribution < -0.4 is 10.6 Å². The van der Waals surface area contributed by atoms with Gasteiger partial charge in [0.05, 0.1) is 23.6 Å². The molecular weight excluding hydrogens is 449 g/mol. The quantitative estimate of drug-likeness (QED) is 0.412. The Morgan fingerprint density at radius 3 is 2.76 bits per heavy atom. The Hall–Kier alpha value is -3.96. The fourth-order valence-corrected chi connectivity index (χ4v) is 4.23. The third kappa shape index (κ3) is 4.30. The molecule has 0 radical (unpaired) electrons. The molecule has 1 aliphatic rings. The molecule has 1 fully saturated rings. The molecule has 0 spiro atoms. The molecule has 2 atom stereocenters. The molecule has 4 aromatic rings. The molecule has 1 amide bonds. The lowest BCUT2D eigenvalue weighted by Crippen LogP contribution is -2.42. The maximum atomic E-state index is 14.6. The van der Waals surface area contributed by atoms with E-state index >= 15 is 0 Å². The number of aromatic nitrogens is 6. The van der Waals surface area contributed by atoms with Gasteiger partial charge in [-0.3, -0.25) is 9.89 Å². The van der Waals surface area contributed by atoms with Gasteiger partial charge in [-0.15, -0.1) is 0 Å². The van der Waals surface area contributed by atoms with E-state index in [2.05, 4.69) is 35.8 Å². The van der Waals surface area contributed by atoms with Crippen molar-refractivity contribution < 1.29 is 18.0 Å². The second-order valence-electron chi connectivity index (χ2n) is 8.38. The topological polar surface area (TPSA) is 113 Å². The molecule has 0 unspecified atom stereocenters. The first-order valence-corrected chi connectivity index (χ1v) is 10.8. The Bertz CT molecular complexity index is 1370. The number of hydrogen-bond acceptors (Lipinski definition) is 6. The Labute approximate surface area is 191 Å². The van der Waals surface area contributed by atoms with E-state index in [1.807, 2.05) is 0 Å². The molecule has 176 valence electrons. The summed E-state index contributed by atoms with van der Waals surface area (Å²) in [5.74, 6) is -2.79. The summed E-state index contributed by atoms with van der Waals surface area (Å²) in [6.45, 7) is 0. The maximum Gasteiger partial charge on any atom is 0.271 e. The standard InChI is InChI=1S/C22H21F3N8O/c1-33-9-17(27-10-33)22(34)29-13-4-2-3-12(6-13)28-21-16(25)7-15(24)19(30-21)18-14-5-11(23)8-26-20(14)32-31-18/h5,7-10,12-13H,2-4,6H2,1H3,(H,28,30)(H,29,34)(H,26,31,32)/t12-,13+/m1/s1. The van der Waals surface area contributed by atoms with Crippen LogP contribution in [-0.4, -0.2) is 47.7 Å². The number of aromatic amines is 1. The van der Waals surface area contributed by atoms with Crippen LogP contribution in [0, 0.1) is 17.5 Å². The number of nitrogens with one attached hydrogen (secondary N) is 3. The molecule has 1 aliphatic carbocycles. The van der Waals surface area contributed by atoms with Crippen LogP contribution in [-0.2, 0) is 7.05 Å². The van der Waals surface area contributed by atoms with E-state index in [4.69, 9.17) is 0 Å². The molecule has 9 nitrogen and oxygen atoms in total. The number of anilines is 1. The van der Waals surface area contributed by atoms with Gasteiger partial charge >= 0.3 is 0 Å². The molecule has 5 rings (SSSR count). The maximum absolute atomic E-state index is 14.6. The van der Waals surface area contributed by atoms with Gasteiger partial charge in [0.25, 0.3) is 5.91 Å². The minimum Gasteiger partial charge on any atom is -0.365 e. The Kier molecular flexibility index (Phi) is 5.64. The van der Waals surface area contributed by atoms with Crippen molar-refractivity contribution in [3.05, 3.63) is 54.0 Å². The summed E-state index contributed by atoms with van der Waals surface area (Å²) in [6.07, 6.45) is 7.03. The molecule has 0 aromatic carbocycles. The van der Waals surface area contributed by atoms with Crippen molar-refractivity contribution >= 4 is 22.8 Å². The van der Waals surface area contributed by atoms with Crippen molar-refractivity contribution in [3.8, 4) is 11.4 Å². The molecule has 0 saturated heterocycles. The average molecular weight is 470 g/mol. The zero-order valence-electron chi connectivity index (χ0n) is 18.1. The minimum atomic E-state index is -0.915. The Balaban J connectivity index is 1.35. The smallest absolute Gasteiger partial charge is 0.271 e. The van der Waals surface area contributed by atoms with Gasteiger partial charge < -0.3 is 15.2 Å². The summed E-state index contributed by atoms with van der Waals surface area (Å²) in [5.41, 5.74) is 0.419. The Morgan fingerprint density at radius 1 is 1.15 bits per heavy atom. The first kappa shape index (κ1) is 21.9. The van der Waals surface area contributed by atoms with E-state index in [1.54, 1.807) is 24.1 Å². The van der Waals surface area contributed by atoms with Gasteiger partial charge in [0.2, 0.25) is 0 Å². The lowest BCUT2D eigenvalue weighted by Gasteiger charge is -2.30.